The van der Waals surface area contributed by atoms with Crippen molar-refractivity contribution in [1.29, 1.82) is 0 Å². The standard InChI is InChI=1S/C32H42N6O7S/c1-2-43-29(39)25-9-6-10-26(35-25)46(41,42)37-16-12-21(13-17-37)34-31-33-20-24-28(36-31)38(30(40)32(24)14-15-32)22-7-5-8-23(19-22)45-27-11-3-4-18-44-27/h6,9-10,20-23,27H,2-5,7-8,11-19H2,1H3,(H,33,34,36)/t22-,23-,27?/m1/s1. The highest BCUT2D eigenvalue weighted by atomic mass is 32.2. The Morgan fingerprint density at radius 2 is 1.91 bits per heavy atom. The maximum atomic E-state index is 13.9. The summed E-state index contributed by atoms with van der Waals surface area (Å²) in [5.74, 6) is 0.619. The molecule has 0 aromatic carbocycles. The first-order valence-electron chi connectivity index (χ1n) is 16.7. The second kappa shape index (κ2) is 12.8. The fourth-order valence-corrected chi connectivity index (χ4v) is 8.72. The minimum Gasteiger partial charge on any atom is -0.461 e. The molecule has 248 valence electrons. The molecule has 46 heavy (non-hydrogen) atoms. The monoisotopic (exact) mass is 654 g/mol. The van der Waals surface area contributed by atoms with Crippen LogP contribution in [0.2, 0.25) is 0 Å². The van der Waals surface area contributed by atoms with Crippen LogP contribution in [0.1, 0.15) is 93.6 Å². The van der Waals surface area contributed by atoms with Gasteiger partial charge in [-0.25, -0.2) is 23.2 Å². The number of pyridine rings is 1. The maximum absolute atomic E-state index is 13.9. The fourth-order valence-electron chi connectivity index (χ4n) is 7.30. The molecule has 13 nitrogen and oxygen atoms in total. The first kappa shape index (κ1) is 31.4. The number of hydrogen-bond donors (Lipinski definition) is 1. The summed E-state index contributed by atoms with van der Waals surface area (Å²) in [7, 11) is -3.89. The molecule has 3 atom stereocenters. The number of hydrogen-bond acceptors (Lipinski definition) is 11. The third kappa shape index (κ3) is 6.00. The van der Waals surface area contributed by atoms with Gasteiger partial charge in [-0.2, -0.15) is 9.29 Å². The molecule has 14 heteroatoms. The number of nitrogens with one attached hydrogen (secondary N) is 1. The number of sulfonamides is 1. The van der Waals surface area contributed by atoms with Crippen molar-refractivity contribution in [3.05, 3.63) is 35.7 Å². The summed E-state index contributed by atoms with van der Waals surface area (Å²) >= 11 is 0. The second-order valence-electron chi connectivity index (χ2n) is 13.0. The summed E-state index contributed by atoms with van der Waals surface area (Å²) in [6.07, 6.45) is 11.1. The number of carbonyl (C=O) groups excluding carboxylic acids is 2. The molecule has 5 aliphatic rings. The Kier molecular flexibility index (Phi) is 8.72. The summed E-state index contributed by atoms with van der Waals surface area (Å²) in [6.45, 7) is 3.15. The van der Waals surface area contributed by atoms with Crippen LogP contribution in [0.4, 0.5) is 11.8 Å². The maximum Gasteiger partial charge on any atom is 0.356 e. The van der Waals surface area contributed by atoms with Crippen LogP contribution in [-0.2, 0) is 34.4 Å². The van der Waals surface area contributed by atoms with Crippen molar-refractivity contribution >= 4 is 33.7 Å². The van der Waals surface area contributed by atoms with Gasteiger partial charge < -0.3 is 19.5 Å². The molecule has 4 fully saturated rings. The van der Waals surface area contributed by atoms with Gasteiger partial charge >= 0.3 is 5.97 Å². The number of amides is 1. The van der Waals surface area contributed by atoms with E-state index in [4.69, 9.17) is 19.2 Å². The van der Waals surface area contributed by atoms with Gasteiger partial charge in [-0.1, -0.05) is 6.07 Å². The number of esters is 1. The molecule has 1 spiro atoms. The largest absolute Gasteiger partial charge is 0.461 e. The molecular formula is C32H42N6O7S. The van der Waals surface area contributed by atoms with E-state index >= 15 is 0 Å². The molecule has 1 unspecified atom stereocenters. The lowest BCUT2D eigenvalue weighted by molar-refractivity contribution is -0.193. The Hall–Kier alpha value is -3.20. The van der Waals surface area contributed by atoms with Gasteiger partial charge in [-0.15, -0.1) is 0 Å². The van der Waals surface area contributed by atoms with Crippen LogP contribution in [0.3, 0.4) is 0 Å². The second-order valence-corrected chi connectivity index (χ2v) is 14.9. The van der Waals surface area contributed by atoms with E-state index in [0.29, 0.717) is 24.6 Å². The number of aromatic nitrogens is 3. The Morgan fingerprint density at radius 3 is 2.65 bits per heavy atom. The van der Waals surface area contributed by atoms with Crippen molar-refractivity contribution in [1.82, 2.24) is 19.3 Å². The average molecular weight is 655 g/mol. The number of anilines is 2. The quantitative estimate of drug-likeness (QED) is 0.395. The SMILES string of the molecule is CCOC(=O)c1cccc(S(=O)(=O)N2CCC(Nc3ncc4c(n3)N([C@@H]3CCC[C@@H](OC5CCCCO5)C3)C(=O)C43CC3)CC2)n1. The highest BCUT2D eigenvalue weighted by molar-refractivity contribution is 7.89. The number of ether oxygens (including phenoxy) is 3. The van der Waals surface area contributed by atoms with Crippen molar-refractivity contribution < 1.29 is 32.2 Å². The van der Waals surface area contributed by atoms with Gasteiger partial charge in [0.2, 0.25) is 11.9 Å². The lowest BCUT2D eigenvalue weighted by Crippen LogP contribution is -2.45. The van der Waals surface area contributed by atoms with E-state index in [2.05, 4.69) is 15.3 Å². The first-order valence-corrected chi connectivity index (χ1v) is 18.1. The number of nitrogens with zero attached hydrogens (tertiary/aromatic N) is 5. The van der Waals surface area contributed by atoms with Crippen LogP contribution in [-0.4, -0.2) is 90.3 Å². The van der Waals surface area contributed by atoms with Crippen molar-refractivity contribution in [3.8, 4) is 0 Å². The summed E-state index contributed by atoms with van der Waals surface area (Å²) in [5, 5.41) is 3.24. The minimum absolute atomic E-state index is 0.0145. The molecule has 2 aliphatic carbocycles. The summed E-state index contributed by atoms with van der Waals surface area (Å²) in [5.41, 5.74) is 0.385. The fraction of sp³-hybridized carbons (Fsp3) is 0.656. The summed E-state index contributed by atoms with van der Waals surface area (Å²) in [4.78, 5) is 41.5. The van der Waals surface area contributed by atoms with Crippen molar-refractivity contribution in [3.63, 3.8) is 0 Å². The predicted octanol–water partition coefficient (Wildman–Crippen LogP) is 3.55. The van der Waals surface area contributed by atoms with Crippen LogP contribution in [0, 0.1) is 0 Å². The Bertz CT molecular complexity index is 1570. The number of piperidine rings is 1. The Balaban J connectivity index is 1.01. The topological polar surface area (TPSA) is 153 Å². The lowest BCUT2D eigenvalue weighted by atomic mass is 9.91. The van der Waals surface area contributed by atoms with Gasteiger partial charge in [0.15, 0.2) is 11.3 Å². The number of fused-ring (bicyclic) bond motifs is 2. The van der Waals surface area contributed by atoms with Gasteiger partial charge in [-0.05, 0) is 89.7 Å². The van der Waals surface area contributed by atoms with Gasteiger partial charge in [0.05, 0.1) is 18.1 Å². The van der Waals surface area contributed by atoms with E-state index in [1.54, 1.807) is 6.92 Å². The van der Waals surface area contributed by atoms with E-state index < -0.39 is 21.4 Å². The minimum atomic E-state index is -3.89. The number of carbonyl (C=O) groups is 2. The Morgan fingerprint density at radius 1 is 1.09 bits per heavy atom. The smallest absolute Gasteiger partial charge is 0.356 e. The van der Waals surface area contributed by atoms with Crippen LogP contribution < -0.4 is 10.2 Å². The van der Waals surface area contributed by atoms with E-state index in [-0.39, 0.29) is 60.8 Å². The normalized spacial score (nSPS) is 26.6. The molecular weight excluding hydrogens is 612 g/mol. The zero-order valence-electron chi connectivity index (χ0n) is 26.2. The van der Waals surface area contributed by atoms with Crippen LogP contribution in [0.15, 0.2) is 29.4 Å². The zero-order valence-corrected chi connectivity index (χ0v) is 27.0. The molecule has 2 aromatic heterocycles. The molecule has 2 aromatic rings. The molecule has 2 saturated carbocycles. The van der Waals surface area contributed by atoms with E-state index in [0.717, 1.165) is 70.0 Å². The van der Waals surface area contributed by atoms with Crippen LogP contribution >= 0.6 is 0 Å². The summed E-state index contributed by atoms with van der Waals surface area (Å²) < 4.78 is 45.2. The summed E-state index contributed by atoms with van der Waals surface area (Å²) in [6, 6.07) is 4.30. The predicted molar refractivity (Wildman–Crippen MR) is 167 cm³/mol. The third-order valence-corrected chi connectivity index (χ3v) is 11.7. The molecule has 1 amide bonds. The molecule has 1 N–H and O–H groups in total. The molecule has 2 saturated heterocycles. The molecule has 7 rings (SSSR count). The molecule has 5 heterocycles. The van der Waals surface area contributed by atoms with Crippen molar-refractivity contribution in [2.75, 3.05) is 36.5 Å². The first-order chi connectivity index (χ1) is 22.3. The van der Waals surface area contributed by atoms with E-state index in [9.17, 15) is 18.0 Å². The van der Waals surface area contributed by atoms with E-state index in [1.807, 2.05) is 11.1 Å². The third-order valence-electron chi connectivity index (χ3n) is 9.94. The van der Waals surface area contributed by atoms with Crippen molar-refractivity contribution in [2.45, 2.75) is 112 Å². The lowest BCUT2D eigenvalue weighted by Gasteiger charge is -2.37. The molecule has 0 bridgehead atoms. The van der Waals surface area contributed by atoms with Crippen molar-refractivity contribution in [2.24, 2.45) is 0 Å². The van der Waals surface area contributed by atoms with Gasteiger partial charge in [-0.3, -0.25) is 9.69 Å². The van der Waals surface area contributed by atoms with Gasteiger partial charge in [0.25, 0.3) is 10.0 Å². The van der Waals surface area contributed by atoms with Crippen LogP contribution in [0.25, 0.3) is 0 Å². The average Bonchev–Trinajstić information content (AvgIpc) is 3.84. The van der Waals surface area contributed by atoms with Crippen LogP contribution in [0.5, 0.6) is 0 Å². The zero-order chi connectivity index (χ0) is 31.9. The van der Waals surface area contributed by atoms with E-state index in [1.165, 1.54) is 22.5 Å². The highest BCUT2D eigenvalue weighted by Crippen LogP contribution is 2.57. The molecule has 3 aliphatic heterocycles. The Labute approximate surface area is 269 Å². The van der Waals surface area contributed by atoms with Gasteiger partial charge in [0.1, 0.15) is 11.5 Å². The highest BCUT2D eigenvalue weighted by Gasteiger charge is 2.61. The number of rotatable bonds is 9. The van der Waals surface area contributed by atoms with Gasteiger partial charge in [0, 0.05) is 43.5 Å². The molecule has 0 radical (unpaired) electrons.